The molecule has 0 radical (unpaired) electrons. The Bertz CT molecular complexity index is 687. The van der Waals surface area contributed by atoms with Crippen LogP contribution in [0.15, 0.2) is 24.8 Å². The molecule has 11 heteroatoms. The molecule has 1 atom stereocenters. The number of hydrogen-bond acceptors (Lipinski definition) is 5. The number of nitrogens with zero attached hydrogens (tertiary/aromatic N) is 4. The first-order chi connectivity index (χ1) is 11.8. The molecule has 0 saturated heterocycles. The van der Waals surface area contributed by atoms with Gasteiger partial charge in [0.1, 0.15) is 12.4 Å². The molecule has 2 heterocycles. The molecule has 1 aliphatic rings. The fraction of sp³-hybridized carbons (Fsp3) is 0.667. The number of imidazole rings is 1. The van der Waals surface area contributed by atoms with Gasteiger partial charge < -0.3 is 14.4 Å². The van der Waals surface area contributed by atoms with Gasteiger partial charge in [-0.2, -0.15) is 13.2 Å². The quantitative estimate of drug-likeness (QED) is 0.430. The van der Waals surface area contributed by atoms with Crippen LogP contribution in [-0.2, 0) is 23.7 Å². The standard InChI is InChI=1S/C7H14N2.C7H13N2.CHF3O3S/c2*1-4-9-6-5-8(3)7(9)2;2-1(3,4)8(5,6)7/h5-7H,4H2,1-3H3;5-6H,4H2,1-3H3;(H,5,6,7)/q;+1;/p-1. The lowest BCUT2D eigenvalue weighted by Gasteiger charge is -2.25. The maximum atomic E-state index is 10.7. The average molecular weight is 400 g/mol. The minimum atomic E-state index is -6.09. The SMILES string of the molecule is CCN1C=CN(C)C1C.CC[n+]1ccn(C)c1C.O=S(=O)([O-])C(F)(F)F. The zero-order valence-corrected chi connectivity index (χ0v) is 16.7. The van der Waals surface area contributed by atoms with E-state index in [0.29, 0.717) is 6.17 Å². The molecular formula is C15H27F3N4O3S. The van der Waals surface area contributed by atoms with Crippen molar-refractivity contribution in [2.75, 3.05) is 13.6 Å². The molecule has 1 unspecified atom stereocenters. The van der Waals surface area contributed by atoms with Crippen LogP contribution >= 0.6 is 0 Å². The molecule has 0 amide bonds. The number of aromatic nitrogens is 2. The predicted octanol–water partition coefficient (Wildman–Crippen LogP) is 1.76. The largest absolute Gasteiger partial charge is 0.741 e. The molecule has 0 aromatic carbocycles. The number of rotatable bonds is 2. The minimum absolute atomic E-state index is 0.551. The molecule has 0 saturated carbocycles. The molecule has 1 aromatic rings. The Hall–Kier alpha value is -1.75. The van der Waals surface area contributed by atoms with Gasteiger partial charge in [-0.25, -0.2) is 17.6 Å². The third-order valence-electron chi connectivity index (χ3n) is 3.95. The van der Waals surface area contributed by atoms with Crippen LogP contribution in [0.3, 0.4) is 0 Å². The average Bonchev–Trinajstić information content (AvgIpc) is 3.02. The van der Waals surface area contributed by atoms with Crippen molar-refractivity contribution in [2.45, 2.75) is 45.9 Å². The van der Waals surface area contributed by atoms with Crippen LogP contribution in [-0.4, -0.2) is 52.6 Å². The van der Waals surface area contributed by atoms with E-state index in [0.717, 1.165) is 13.1 Å². The van der Waals surface area contributed by atoms with E-state index in [2.05, 4.69) is 85.5 Å². The summed E-state index contributed by atoms with van der Waals surface area (Å²) in [5, 5.41) is 0. The van der Waals surface area contributed by atoms with Gasteiger partial charge in [-0.05, 0) is 20.8 Å². The summed E-state index contributed by atoms with van der Waals surface area (Å²) in [4.78, 5) is 4.49. The zero-order valence-electron chi connectivity index (χ0n) is 15.9. The van der Waals surface area contributed by atoms with Crippen LogP contribution < -0.4 is 4.57 Å². The molecule has 26 heavy (non-hydrogen) atoms. The topological polar surface area (TPSA) is 72.5 Å². The summed E-state index contributed by atoms with van der Waals surface area (Å²) in [6.45, 7) is 10.8. The van der Waals surface area contributed by atoms with Crippen molar-refractivity contribution >= 4 is 10.1 Å². The molecule has 152 valence electrons. The van der Waals surface area contributed by atoms with E-state index < -0.39 is 15.6 Å². The van der Waals surface area contributed by atoms with Crippen molar-refractivity contribution in [2.24, 2.45) is 7.05 Å². The third-order valence-corrected chi connectivity index (χ3v) is 4.52. The van der Waals surface area contributed by atoms with E-state index in [4.69, 9.17) is 13.0 Å². The van der Waals surface area contributed by atoms with E-state index in [9.17, 15) is 13.2 Å². The van der Waals surface area contributed by atoms with Gasteiger partial charge in [-0.15, -0.1) is 0 Å². The van der Waals surface area contributed by atoms with E-state index in [1.807, 2.05) is 0 Å². The zero-order chi connectivity index (χ0) is 20.7. The Kier molecular flexibility index (Phi) is 9.15. The highest BCUT2D eigenvalue weighted by Crippen LogP contribution is 2.20. The van der Waals surface area contributed by atoms with Gasteiger partial charge in [0.05, 0.1) is 19.8 Å². The van der Waals surface area contributed by atoms with Crippen LogP contribution in [0.25, 0.3) is 0 Å². The second-order valence-electron chi connectivity index (χ2n) is 5.57. The van der Waals surface area contributed by atoms with Crippen LogP contribution in [0.1, 0.15) is 26.6 Å². The van der Waals surface area contributed by atoms with Gasteiger partial charge in [0, 0.05) is 32.9 Å². The lowest BCUT2D eigenvalue weighted by Crippen LogP contribution is -2.33. The maximum Gasteiger partial charge on any atom is 0.485 e. The number of aryl methyl sites for hydroxylation is 2. The second kappa shape index (κ2) is 9.81. The van der Waals surface area contributed by atoms with Crippen LogP contribution in [0.4, 0.5) is 13.2 Å². The third kappa shape index (κ3) is 7.24. The van der Waals surface area contributed by atoms with Crippen molar-refractivity contribution < 1.29 is 30.7 Å². The molecule has 2 rings (SSSR count). The lowest BCUT2D eigenvalue weighted by molar-refractivity contribution is -0.699. The highest BCUT2D eigenvalue weighted by molar-refractivity contribution is 7.86. The molecule has 0 N–H and O–H groups in total. The Morgan fingerprint density at radius 2 is 1.73 bits per heavy atom. The molecule has 0 fully saturated rings. The van der Waals surface area contributed by atoms with Crippen molar-refractivity contribution in [3.05, 3.63) is 30.6 Å². The molecule has 7 nitrogen and oxygen atoms in total. The Morgan fingerprint density at radius 1 is 1.23 bits per heavy atom. The lowest BCUT2D eigenvalue weighted by atomic mass is 10.5. The Morgan fingerprint density at radius 3 is 1.88 bits per heavy atom. The molecule has 0 bridgehead atoms. The van der Waals surface area contributed by atoms with Gasteiger partial charge in [0.2, 0.25) is 0 Å². The van der Waals surface area contributed by atoms with Crippen LogP contribution in [0, 0.1) is 6.92 Å². The van der Waals surface area contributed by atoms with E-state index >= 15 is 0 Å². The van der Waals surface area contributed by atoms with Crippen molar-refractivity contribution in [1.82, 2.24) is 14.4 Å². The van der Waals surface area contributed by atoms with Crippen molar-refractivity contribution in [1.29, 1.82) is 0 Å². The normalized spacial score (nSPS) is 16.8. The molecular weight excluding hydrogens is 373 g/mol. The number of hydrogen-bond donors (Lipinski definition) is 0. The maximum absolute atomic E-state index is 10.7. The van der Waals surface area contributed by atoms with Crippen molar-refractivity contribution in [3.8, 4) is 0 Å². The summed E-state index contributed by atoms with van der Waals surface area (Å²) >= 11 is 0. The predicted molar refractivity (Wildman–Crippen MR) is 90.5 cm³/mol. The molecule has 0 spiro atoms. The first-order valence-corrected chi connectivity index (χ1v) is 9.36. The number of halogens is 3. The molecule has 1 aliphatic heterocycles. The highest BCUT2D eigenvalue weighted by Gasteiger charge is 2.36. The van der Waals surface area contributed by atoms with E-state index in [-0.39, 0.29) is 0 Å². The Balaban J connectivity index is 0.000000362. The second-order valence-corrected chi connectivity index (χ2v) is 6.94. The van der Waals surface area contributed by atoms with Gasteiger partial charge in [0.25, 0.3) is 5.82 Å². The van der Waals surface area contributed by atoms with Gasteiger partial charge in [0.15, 0.2) is 10.1 Å². The van der Waals surface area contributed by atoms with E-state index in [1.165, 1.54) is 5.82 Å². The summed E-state index contributed by atoms with van der Waals surface area (Å²) in [7, 11) is -1.94. The molecule has 1 aromatic heterocycles. The first kappa shape index (κ1) is 24.2. The fourth-order valence-corrected chi connectivity index (χ4v) is 1.98. The Labute approximate surface area is 153 Å². The van der Waals surface area contributed by atoms with Crippen molar-refractivity contribution in [3.63, 3.8) is 0 Å². The summed E-state index contributed by atoms with van der Waals surface area (Å²) in [6, 6.07) is 0. The smallest absolute Gasteiger partial charge is 0.485 e. The molecule has 0 aliphatic carbocycles. The van der Waals surface area contributed by atoms with Gasteiger partial charge in [-0.1, -0.05) is 0 Å². The summed E-state index contributed by atoms with van der Waals surface area (Å²) in [5.74, 6) is 1.30. The van der Waals surface area contributed by atoms with Crippen LogP contribution in [0.2, 0.25) is 0 Å². The number of alkyl halides is 3. The van der Waals surface area contributed by atoms with Crippen LogP contribution in [0.5, 0.6) is 0 Å². The fourth-order valence-electron chi connectivity index (χ4n) is 1.98. The minimum Gasteiger partial charge on any atom is -0.741 e. The summed E-state index contributed by atoms with van der Waals surface area (Å²) in [6.07, 6.45) is 8.95. The van der Waals surface area contributed by atoms with E-state index in [1.54, 1.807) is 0 Å². The van der Waals surface area contributed by atoms with Gasteiger partial charge >= 0.3 is 5.51 Å². The van der Waals surface area contributed by atoms with Gasteiger partial charge in [-0.3, -0.25) is 0 Å². The summed E-state index contributed by atoms with van der Waals surface area (Å²) in [5.41, 5.74) is -5.65. The monoisotopic (exact) mass is 400 g/mol. The summed E-state index contributed by atoms with van der Waals surface area (Å²) < 4.78 is 63.2. The first-order valence-electron chi connectivity index (χ1n) is 7.95. The highest BCUT2D eigenvalue weighted by atomic mass is 32.2.